The van der Waals surface area contributed by atoms with Gasteiger partial charge in [-0.2, -0.15) is 18.6 Å². The van der Waals surface area contributed by atoms with E-state index in [1.807, 2.05) is 35.0 Å². The van der Waals surface area contributed by atoms with Crippen LogP contribution in [0.3, 0.4) is 0 Å². The van der Waals surface area contributed by atoms with E-state index in [1.165, 1.54) is 5.56 Å². The molecule has 1 nitrogen and oxygen atoms in total. The number of rotatable bonds is 1. The second kappa shape index (κ2) is 5.20. The monoisotopic (exact) mass is 389 g/mol. The molecule has 0 spiro atoms. The number of nitrogens with zero attached hydrogens (tertiary/aromatic N) is 1. The molecule has 0 bridgehead atoms. The van der Waals surface area contributed by atoms with Crippen LogP contribution in [-0.2, 0) is 20.1 Å². The molecule has 85 valence electrons. The molecule has 0 atom stereocenters. The summed E-state index contributed by atoms with van der Waals surface area (Å²) in [5.41, 5.74) is 4.52. The van der Waals surface area contributed by atoms with Crippen LogP contribution in [-0.4, -0.2) is 0 Å². The van der Waals surface area contributed by atoms with Crippen molar-refractivity contribution in [1.29, 1.82) is 0 Å². The number of aryl methyl sites for hydroxylation is 1. The van der Waals surface area contributed by atoms with Crippen LogP contribution in [0, 0.1) is 20.9 Å². The smallest absolute Gasteiger partial charge is 0.0686 e. The van der Waals surface area contributed by atoms with Crippen molar-refractivity contribution < 1.29 is 24.7 Å². The minimum atomic E-state index is 0. The molecule has 0 aliphatic carbocycles. The van der Waals surface area contributed by atoms with Crippen molar-refractivity contribution in [1.82, 2.24) is 0 Å². The number of pyridine rings is 1. The molecule has 0 saturated heterocycles. The summed E-state index contributed by atoms with van der Waals surface area (Å²) in [6, 6.07) is 12.2. The van der Waals surface area contributed by atoms with E-state index in [4.69, 9.17) is 0 Å². The molecule has 1 radical (unpaired) electrons. The van der Waals surface area contributed by atoms with Gasteiger partial charge in [0.1, 0.15) is 0 Å². The molecule has 0 aliphatic rings. The first-order chi connectivity index (χ1) is 7.20. The summed E-state index contributed by atoms with van der Waals surface area (Å²) in [7, 11) is 3.99. The zero-order valence-electron chi connectivity index (χ0n) is 9.24. The number of hydrogen-bond donors (Lipinski definition) is 0. The Labute approximate surface area is 110 Å². The van der Waals surface area contributed by atoms with Gasteiger partial charge in [0.25, 0.3) is 0 Å². The van der Waals surface area contributed by atoms with Gasteiger partial charge >= 0.3 is 0 Å². The topological polar surface area (TPSA) is 3.88 Å². The van der Waals surface area contributed by atoms with Gasteiger partial charge in [-0.15, -0.1) is 17.7 Å². The van der Waals surface area contributed by atoms with Crippen molar-refractivity contribution >= 4 is 0 Å². The molecule has 1 heterocycles. The Morgan fingerprint density at radius 3 is 2.38 bits per heavy atom. The molecule has 0 unspecified atom stereocenters. The minimum Gasteiger partial charge on any atom is -0.343 e. The van der Waals surface area contributed by atoms with E-state index in [0.29, 0.717) is 0 Å². The van der Waals surface area contributed by atoms with Crippen molar-refractivity contribution in [3.05, 3.63) is 67.7 Å². The van der Waals surface area contributed by atoms with Crippen LogP contribution < -0.4 is 4.57 Å². The van der Waals surface area contributed by atoms with Gasteiger partial charge in [0.05, 0.1) is 11.9 Å². The van der Waals surface area contributed by atoms with E-state index >= 15 is 0 Å². The standard InChI is InChI=1S/C14H14N.Ir/c1-11-7-4-5-9-13(11)14-12(2)8-6-10-15(14)3;/h4-10H,1,3H2,2H3;/q-1;. The van der Waals surface area contributed by atoms with Gasteiger partial charge in [-0.3, -0.25) is 0 Å². The second-order valence-corrected chi connectivity index (χ2v) is 3.67. The third-order valence-electron chi connectivity index (χ3n) is 2.55. The third kappa shape index (κ3) is 2.29. The van der Waals surface area contributed by atoms with Crippen molar-refractivity contribution in [2.45, 2.75) is 6.92 Å². The van der Waals surface area contributed by atoms with Gasteiger partial charge in [0.15, 0.2) is 0 Å². The van der Waals surface area contributed by atoms with E-state index in [2.05, 4.69) is 33.0 Å². The van der Waals surface area contributed by atoms with Crippen LogP contribution in [0.5, 0.6) is 0 Å². The number of aromatic nitrogens is 1. The summed E-state index contributed by atoms with van der Waals surface area (Å²) in [4.78, 5) is 0. The molecule has 16 heavy (non-hydrogen) atoms. The predicted octanol–water partition coefficient (Wildman–Crippen LogP) is 2.77. The zero-order valence-corrected chi connectivity index (χ0v) is 11.6. The third-order valence-corrected chi connectivity index (χ3v) is 2.55. The van der Waals surface area contributed by atoms with Crippen molar-refractivity contribution in [2.24, 2.45) is 0 Å². The Morgan fingerprint density at radius 1 is 1.06 bits per heavy atom. The summed E-state index contributed by atoms with van der Waals surface area (Å²) in [6.45, 7) is 6.12. The van der Waals surface area contributed by atoms with Crippen LogP contribution in [0.25, 0.3) is 11.3 Å². The maximum atomic E-state index is 4.04. The van der Waals surface area contributed by atoms with Gasteiger partial charge in [-0.05, 0) is 12.5 Å². The van der Waals surface area contributed by atoms with E-state index in [9.17, 15) is 0 Å². The summed E-state index contributed by atoms with van der Waals surface area (Å²) in [5, 5.41) is 0. The Kier molecular flexibility index (Phi) is 4.17. The molecule has 2 heteroatoms. The quantitative estimate of drug-likeness (QED) is 0.523. The molecular weight excluding hydrogens is 374 g/mol. The number of benzene rings is 1. The average molecular weight is 388 g/mol. The van der Waals surface area contributed by atoms with Gasteiger partial charge in [-0.25, -0.2) is 0 Å². The summed E-state index contributed by atoms with van der Waals surface area (Å²) in [5.74, 6) is 0. The van der Waals surface area contributed by atoms with Crippen LogP contribution in [0.4, 0.5) is 0 Å². The van der Waals surface area contributed by atoms with Crippen LogP contribution >= 0.6 is 0 Å². The largest absolute Gasteiger partial charge is 0.343 e. The fourth-order valence-corrected chi connectivity index (χ4v) is 1.79. The Morgan fingerprint density at radius 2 is 1.75 bits per heavy atom. The summed E-state index contributed by atoms with van der Waals surface area (Å²) >= 11 is 0. The molecule has 0 amide bonds. The SMILES string of the molecule is [CH2-]c1ccccc1-c1c(C)ccc[n+]1[CH2-].[Ir]. The van der Waals surface area contributed by atoms with Crippen LogP contribution in [0.15, 0.2) is 42.6 Å². The Hall–Kier alpha value is -1.24. The van der Waals surface area contributed by atoms with Crippen LogP contribution in [0.2, 0.25) is 0 Å². The van der Waals surface area contributed by atoms with Crippen molar-refractivity contribution in [3.8, 4) is 11.3 Å². The molecule has 0 fully saturated rings. The minimum absolute atomic E-state index is 0. The first-order valence-corrected chi connectivity index (χ1v) is 4.93. The van der Waals surface area contributed by atoms with E-state index < -0.39 is 0 Å². The first-order valence-electron chi connectivity index (χ1n) is 4.93. The van der Waals surface area contributed by atoms with Gasteiger partial charge in [-0.1, -0.05) is 18.2 Å². The fraction of sp³-hybridized carbons (Fsp3) is 0.0714. The Balaban J connectivity index is 0.00000128. The maximum absolute atomic E-state index is 4.04. The second-order valence-electron chi connectivity index (χ2n) is 3.67. The normalized spacial score (nSPS) is 9.56. The molecule has 1 aromatic carbocycles. The van der Waals surface area contributed by atoms with E-state index in [0.717, 1.165) is 16.8 Å². The molecule has 2 rings (SSSR count). The number of hydrogen-bond acceptors (Lipinski definition) is 0. The molecule has 2 aromatic rings. The molecule has 0 aliphatic heterocycles. The fourth-order valence-electron chi connectivity index (χ4n) is 1.79. The van der Waals surface area contributed by atoms with Gasteiger partial charge < -0.3 is 4.57 Å². The zero-order chi connectivity index (χ0) is 10.8. The van der Waals surface area contributed by atoms with Crippen molar-refractivity contribution in [3.63, 3.8) is 0 Å². The summed E-state index contributed by atoms with van der Waals surface area (Å²) < 4.78 is 1.89. The maximum Gasteiger partial charge on any atom is 0.0686 e. The predicted molar refractivity (Wildman–Crippen MR) is 62.0 cm³/mol. The van der Waals surface area contributed by atoms with Gasteiger partial charge in [0.2, 0.25) is 0 Å². The summed E-state index contributed by atoms with van der Waals surface area (Å²) in [6.07, 6.45) is 1.95. The van der Waals surface area contributed by atoms with E-state index in [1.54, 1.807) is 0 Å². The molecule has 0 N–H and O–H groups in total. The van der Waals surface area contributed by atoms with E-state index in [-0.39, 0.29) is 20.1 Å². The average Bonchev–Trinajstić information content (AvgIpc) is 2.20. The molecular formula is C14H14IrN-. The van der Waals surface area contributed by atoms with Crippen molar-refractivity contribution in [2.75, 3.05) is 0 Å². The van der Waals surface area contributed by atoms with Gasteiger partial charge in [0, 0.05) is 27.2 Å². The van der Waals surface area contributed by atoms with Crippen LogP contribution in [0.1, 0.15) is 11.1 Å². The Bertz CT molecular complexity index is 472. The molecule has 1 aromatic heterocycles. The first kappa shape index (κ1) is 12.8. The molecule has 0 saturated carbocycles.